The van der Waals surface area contributed by atoms with Crippen molar-refractivity contribution in [2.75, 3.05) is 0 Å². The van der Waals surface area contributed by atoms with Gasteiger partial charge in [0.25, 0.3) is 0 Å². The lowest BCUT2D eigenvalue weighted by atomic mass is 9.97. The van der Waals surface area contributed by atoms with Crippen LogP contribution in [0.15, 0.2) is 200 Å². The van der Waals surface area contributed by atoms with Crippen LogP contribution in [0.4, 0.5) is 0 Å². The summed E-state index contributed by atoms with van der Waals surface area (Å²) >= 11 is 0. The molecule has 2 aromatic heterocycles. The molecule has 2 heterocycles. The average Bonchev–Trinajstić information content (AvgIpc) is 3.58. The summed E-state index contributed by atoms with van der Waals surface area (Å²) < 4.78 is 2.37. The quantitative estimate of drug-likeness (QED) is 0.179. The van der Waals surface area contributed by atoms with E-state index in [4.69, 9.17) is 9.97 Å². The minimum atomic E-state index is 0.699. The Kier molecular flexibility index (Phi) is 7.17. The van der Waals surface area contributed by atoms with Gasteiger partial charge in [-0.1, -0.05) is 140 Å². The van der Waals surface area contributed by atoms with Gasteiger partial charge in [-0.2, -0.15) is 0 Å². The van der Waals surface area contributed by atoms with Crippen LogP contribution in [0, 0.1) is 0 Å². The van der Waals surface area contributed by atoms with E-state index in [-0.39, 0.29) is 0 Å². The molecule has 0 spiro atoms. The Morgan fingerprint density at radius 3 is 1.69 bits per heavy atom. The number of fused-ring (bicyclic) bond motifs is 6. The third kappa shape index (κ3) is 5.36. The molecule has 0 bridgehead atoms. The number of rotatable bonds is 5. The molecule has 0 saturated heterocycles. The van der Waals surface area contributed by atoms with Crippen LogP contribution in [0.2, 0.25) is 0 Å². The van der Waals surface area contributed by atoms with Crippen molar-refractivity contribution in [3.8, 4) is 50.6 Å². The van der Waals surface area contributed by atoms with Crippen molar-refractivity contribution in [2.45, 2.75) is 0 Å². The van der Waals surface area contributed by atoms with Crippen molar-refractivity contribution in [1.82, 2.24) is 14.5 Å². The summed E-state index contributed by atoms with van der Waals surface area (Å²) in [6.07, 6.45) is 0. The standard InChI is InChI=1S/C52H33N3/c1-2-10-34(11-3-1)36-18-21-37(22-19-36)51-46-29-26-43(42-23-20-35-12-4-5-13-39(35)30-42)32-48(46)53-52(54-51)38-24-27-44(28-25-38)55-49-17-9-8-16-45(49)47-31-40-14-6-7-15-41(40)33-50(47)55/h1-33H. The third-order valence-corrected chi connectivity index (χ3v) is 11.0. The first-order valence-corrected chi connectivity index (χ1v) is 18.7. The van der Waals surface area contributed by atoms with Crippen molar-refractivity contribution in [3.05, 3.63) is 200 Å². The second-order valence-corrected chi connectivity index (χ2v) is 14.2. The number of nitrogens with zero attached hydrogens (tertiary/aromatic N) is 3. The van der Waals surface area contributed by atoms with Crippen LogP contribution in [-0.2, 0) is 0 Å². The largest absolute Gasteiger partial charge is 0.309 e. The van der Waals surface area contributed by atoms with E-state index in [2.05, 4.69) is 205 Å². The molecule has 0 amide bonds. The monoisotopic (exact) mass is 699 g/mol. The third-order valence-electron chi connectivity index (χ3n) is 11.0. The molecule has 0 aliphatic rings. The molecule has 0 aliphatic heterocycles. The maximum atomic E-state index is 5.30. The van der Waals surface area contributed by atoms with Gasteiger partial charge in [0.2, 0.25) is 0 Å². The molecule has 256 valence electrons. The molecule has 0 saturated carbocycles. The first-order chi connectivity index (χ1) is 27.2. The molecular weight excluding hydrogens is 667 g/mol. The normalized spacial score (nSPS) is 11.6. The molecule has 0 aliphatic carbocycles. The molecule has 0 radical (unpaired) electrons. The van der Waals surface area contributed by atoms with Gasteiger partial charge in [0.1, 0.15) is 0 Å². The van der Waals surface area contributed by atoms with Gasteiger partial charge < -0.3 is 4.57 Å². The first-order valence-electron chi connectivity index (χ1n) is 18.7. The molecule has 0 atom stereocenters. The zero-order valence-electron chi connectivity index (χ0n) is 29.9. The number of hydrogen-bond donors (Lipinski definition) is 0. The number of hydrogen-bond acceptors (Lipinski definition) is 2. The lowest BCUT2D eigenvalue weighted by Gasteiger charge is -2.13. The van der Waals surface area contributed by atoms with E-state index in [0.29, 0.717) is 5.82 Å². The molecular formula is C52H33N3. The Bertz CT molecular complexity index is 3230. The molecule has 11 rings (SSSR count). The fourth-order valence-corrected chi connectivity index (χ4v) is 8.17. The van der Waals surface area contributed by atoms with Gasteiger partial charge in [-0.05, 0) is 104 Å². The van der Waals surface area contributed by atoms with E-state index >= 15 is 0 Å². The van der Waals surface area contributed by atoms with Crippen LogP contribution in [0.25, 0.3) is 105 Å². The van der Waals surface area contributed by atoms with Crippen molar-refractivity contribution in [3.63, 3.8) is 0 Å². The second kappa shape index (κ2) is 12.6. The molecule has 55 heavy (non-hydrogen) atoms. The minimum absolute atomic E-state index is 0.699. The lowest BCUT2D eigenvalue weighted by molar-refractivity contribution is 1.17. The molecule has 9 aromatic carbocycles. The smallest absolute Gasteiger partial charge is 0.160 e. The van der Waals surface area contributed by atoms with Crippen molar-refractivity contribution in [2.24, 2.45) is 0 Å². The van der Waals surface area contributed by atoms with E-state index in [0.717, 1.165) is 44.5 Å². The fourth-order valence-electron chi connectivity index (χ4n) is 8.17. The van der Waals surface area contributed by atoms with E-state index in [1.54, 1.807) is 0 Å². The Morgan fingerprint density at radius 2 is 0.891 bits per heavy atom. The summed E-state index contributed by atoms with van der Waals surface area (Å²) in [6.45, 7) is 0. The summed E-state index contributed by atoms with van der Waals surface area (Å²) in [5.74, 6) is 0.699. The van der Waals surface area contributed by atoms with E-state index in [9.17, 15) is 0 Å². The summed E-state index contributed by atoms with van der Waals surface area (Å²) in [5.41, 5.74) is 12.0. The van der Waals surface area contributed by atoms with Crippen molar-refractivity contribution < 1.29 is 0 Å². The highest BCUT2D eigenvalue weighted by molar-refractivity contribution is 6.13. The van der Waals surface area contributed by atoms with Gasteiger partial charge in [0.05, 0.1) is 22.2 Å². The lowest BCUT2D eigenvalue weighted by Crippen LogP contribution is -1.97. The van der Waals surface area contributed by atoms with Gasteiger partial charge in [-0.15, -0.1) is 0 Å². The van der Waals surface area contributed by atoms with Gasteiger partial charge in [0.15, 0.2) is 5.82 Å². The molecule has 0 unspecified atom stereocenters. The SMILES string of the molecule is c1ccc(-c2ccc(-c3nc(-c4ccc(-n5c6ccccc6c6cc7ccccc7cc65)cc4)nc4cc(-c5ccc6ccccc6c5)ccc34)cc2)cc1. The fraction of sp³-hybridized carbons (Fsp3) is 0. The van der Waals surface area contributed by atoms with Gasteiger partial charge in [-0.25, -0.2) is 9.97 Å². The topological polar surface area (TPSA) is 30.7 Å². The maximum Gasteiger partial charge on any atom is 0.160 e. The van der Waals surface area contributed by atoms with Crippen LogP contribution in [0.5, 0.6) is 0 Å². The highest BCUT2D eigenvalue weighted by Crippen LogP contribution is 2.37. The average molecular weight is 700 g/mol. The van der Waals surface area contributed by atoms with Crippen LogP contribution in [0.1, 0.15) is 0 Å². The van der Waals surface area contributed by atoms with Gasteiger partial charge in [0, 0.05) is 33.0 Å². The Balaban J connectivity index is 1.06. The van der Waals surface area contributed by atoms with Crippen molar-refractivity contribution in [1.29, 1.82) is 0 Å². The Hall–Kier alpha value is -7.36. The highest BCUT2D eigenvalue weighted by atomic mass is 15.0. The van der Waals surface area contributed by atoms with E-state index in [1.165, 1.54) is 54.5 Å². The predicted octanol–water partition coefficient (Wildman–Crippen LogP) is 13.7. The van der Waals surface area contributed by atoms with E-state index in [1.807, 2.05) is 0 Å². The molecule has 0 fully saturated rings. The van der Waals surface area contributed by atoms with Crippen LogP contribution < -0.4 is 0 Å². The summed E-state index contributed by atoms with van der Waals surface area (Å²) in [6, 6.07) is 71.6. The summed E-state index contributed by atoms with van der Waals surface area (Å²) in [4.78, 5) is 10.5. The number of benzene rings is 9. The first kappa shape index (κ1) is 31.2. The van der Waals surface area contributed by atoms with Gasteiger partial charge >= 0.3 is 0 Å². The van der Waals surface area contributed by atoms with Crippen molar-refractivity contribution >= 4 is 54.3 Å². The van der Waals surface area contributed by atoms with Gasteiger partial charge in [-0.3, -0.25) is 0 Å². The Morgan fingerprint density at radius 1 is 0.309 bits per heavy atom. The predicted molar refractivity (Wildman–Crippen MR) is 231 cm³/mol. The van der Waals surface area contributed by atoms with E-state index < -0.39 is 0 Å². The van der Waals surface area contributed by atoms with Crippen LogP contribution in [-0.4, -0.2) is 14.5 Å². The van der Waals surface area contributed by atoms with Crippen LogP contribution in [0.3, 0.4) is 0 Å². The summed E-state index contributed by atoms with van der Waals surface area (Å²) in [5, 5.41) is 8.45. The molecule has 3 nitrogen and oxygen atoms in total. The van der Waals surface area contributed by atoms with Crippen LogP contribution >= 0.6 is 0 Å². The zero-order valence-corrected chi connectivity index (χ0v) is 29.9. The zero-order chi connectivity index (χ0) is 36.3. The highest BCUT2D eigenvalue weighted by Gasteiger charge is 2.16. The second-order valence-electron chi connectivity index (χ2n) is 14.2. The minimum Gasteiger partial charge on any atom is -0.309 e. The molecule has 3 heteroatoms. The Labute approximate surface area is 318 Å². The molecule has 11 aromatic rings. The maximum absolute atomic E-state index is 5.30. The summed E-state index contributed by atoms with van der Waals surface area (Å²) in [7, 11) is 0. The number of aromatic nitrogens is 3. The number of para-hydroxylation sites is 1. The molecule has 0 N–H and O–H groups in total.